The number of rotatable bonds is 37. The first-order valence-corrected chi connectivity index (χ1v) is 22.3. The molecule has 0 aromatic rings. The molecule has 0 radical (unpaired) electrons. The molecule has 9 nitrogen and oxygen atoms in total. The second-order valence-electron chi connectivity index (χ2n) is 15.6. The smallest absolute Gasteiger partial charge is 0.305 e. The van der Waals surface area contributed by atoms with Gasteiger partial charge in [-0.05, 0) is 70.6 Å². The van der Waals surface area contributed by atoms with E-state index in [1.165, 1.54) is 128 Å². The highest BCUT2D eigenvalue weighted by atomic mass is 16.5. The second kappa shape index (κ2) is 36.1. The van der Waals surface area contributed by atoms with Gasteiger partial charge in [0.05, 0.1) is 0 Å². The Morgan fingerprint density at radius 1 is 0.635 bits per heavy atom. The number of unbranched alkanes of at least 4 members (excludes halogenated alkanes) is 20. The van der Waals surface area contributed by atoms with Crippen molar-refractivity contribution in [2.75, 3.05) is 59.0 Å². The van der Waals surface area contributed by atoms with Gasteiger partial charge in [0.25, 0.3) is 0 Å². The van der Waals surface area contributed by atoms with Crippen molar-refractivity contribution < 1.29 is 19.1 Å². The summed E-state index contributed by atoms with van der Waals surface area (Å²) >= 11 is 0. The summed E-state index contributed by atoms with van der Waals surface area (Å²) in [7, 11) is 0. The molecular formula is C43H85N5O4. The molecule has 1 fully saturated rings. The molecular weight excluding hydrogens is 651 g/mol. The maximum Gasteiger partial charge on any atom is 0.305 e. The minimum Gasteiger partial charge on any atom is -0.464 e. The van der Waals surface area contributed by atoms with Gasteiger partial charge in [-0.25, -0.2) is 0 Å². The summed E-state index contributed by atoms with van der Waals surface area (Å²) < 4.78 is 11.3. The molecule has 9 heteroatoms. The van der Waals surface area contributed by atoms with E-state index in [2.05, 4.69) is 29.0 Å². The van der Waals surface area contributed by atoms with Crippen LogP contribution in [-0.4, -0.2) is 86.7 Å². The normalized spacial score (nSPS) is 13.8. The Kier molecular flexibility index (Phi) is 33.4. The van der Waals surface area contributed by atoms with Crippen molar-refractivity contribution in [2.24, 2.45) is 11.7 Å². The predicted molar refractivity (Wildman–Crippen MR) is 219 cm³/mol. The number of guanidine groups is 1. The number of piperidine rings is 1. The van der Waals surface area contributed by atoms with E-state index in [1.54, 1.807) is 0 Å². The van der Waals surface area contributed by atoms with E-state index in [1.807, 2.05) is 0 Å². The van der Waals surface area contributed by atoms with Crippen LogP contribution in [0.2, 0.25) is 0 Å². The molecule has 1 heterocycles. The standard InChI is InChI=1S/C43H85N5O4/c1-3-5-7-9-11-13-15-17-19-21-23-26-41(49)51-38-36-48(33-25-32-47-34-29-40(30-35-47)28-31-46-43(44)45)37-39-52-42(50)27-24-22-20-18-16-14-12-10-8-6-4-2/h40H,3-39H2,1-2H3,(H4,44,45,46). The third-order valence-electron chi connectivity index (χ3n) is 10.8. The van der Waals surface area contributed by atoms with E-state index in [0.717, 1.165) is 71.2 Å². The van der Waals surface area contributed by atoms with Crippen LogP contribution in [-0.2, 0) is 19.1 Å². The Morgan fingerprint density at radius 2 is 1.04 bits per heavy atom. The molecule has 0 bridgehead atoms. The van der Waals surface area contributed by atoms with Crippen LogP contribution < -0.4 is 11.1 Å². The van der Waals surface area contributed by atoms with Gasteiger partial charge in [-0.2, -0.15) is 0 Å². The third kappa shape index (κ3) is 31.6. The maximum atomic E-state index is 12.4. The van der Waals surface area contributed by atoms with E-state index < -0.39 is 0 Å². The summed E-state index contributed by atoms with van der Waals surface area (Å²) in [6.07, 6.45) is 33.4. The number of carbonyl (C=O) groups is 2. The van der Waals surface area contributed by atoms with Crippen LogP contribution in [0.4, 0.5) is 0 Å². The van der Waals surface area contributed by atoms with Crippen LogP contribution in [0.15, 0.2) is 0 Å². The molecule has 4 N–H and O–H groups in total. The average Bonchev–Trinajstić information content (AvgIpc) is 3.13. The van der Waals surface area contributed by atoms with Gasteiger partial charge in [-0.1, -0.05) is 142 Å². The van der Waals surface area contributed by atoms with Gasteiger partial charge >= 0.3 is 11.9 Å². The molecule has 0 saturated carbocycles. The number of hydrogen-bond donors (Lipinski definition) is 3. The molecule has 306 valence electrons. The van der Waals surface area contributed by atoms with Crippen LogP contribution in [0.25, 0.3) is 0 Å². The number of likely N-dealkylation sites (tertiary alicyclic amines) is 1. The fourth-order valence-electron chi connectivity index (χ4n) is 7.35. The van der Waals surface area contributed by atoms with Crippen molar-refractivity contribution in [2.45, 2.75) is 194 Å². The minimum absolute atomic E-state index is 0.0558. The first-order valence-electron chi connectivity index (χ1n) is 22.3. The fraction of sp³-hybridized carbons (Fsp3) is 0.930. The lowest BCUT2D eigenvalue weighted by Gasteiger charge is -2.32. The topological polar surface area (TPSA) is 121 Å². The molecule has 0 aliphatic carbocycles. The van der Waals surface area contributed by atoms with Crippen LogP contribution in [0.1, 0.15) is 194 Å². The summed E-state index contributed by atoms with van der Waals surface area (Å²) in [5.74, 6) is 0.575. The summed E-state index contributed by atoms with van der Waals surface area (Å²) in [5, 5.41) is 10.3. The highest BCUT2D eigenvalue weighted by molar-refractivity contribution is 5.74. The summed E-state index contributed by atoms with van der Waals surface area (Å²) in [5.41, 5.74) is 5.42. The molecule has 1 aliphatic heterocycles. The largest absolute Gasteiger partial charge is 0.464 e. The van der Waals surface area contributed by atoms with E-state index in [0.29, 0.717) is 45.1 Å². The molecule has 0 spiro atoms. The number of hydrogen-bond acceptors (Lipinski definition) is 7. The molecule has 0 unspecified atom stereocenters. The molecule has 52 heavy (non-hydrogen) atoms. The van der Waals surface area contributed by atoms with E-state index in [-0.39, 0.29) is 17.9 Å². The SMILES string of the molecule is CCCCCCCCCCCCCC(=O)OCCN(CCCN1CCC(CCNC(=N)N)CC1)CCOC(=O)CCCCCCCCCCCCC. The van der Waals surface area contributed by atoms with Gasteiger partial charge in [-0.15, -0.1) is 0 Å². The molecule has 0 aromatic carbocycles. The fourth-order valence-corrected chi connectivity index (χ4v) is 7.35. The third-order valence-corrected chi connectivity index (χ3v) is 10.8. The van der Waals surface area contributed by atoms with Crippen LogP contribution >= 0.6 is 0 Å². The molecule has 0 aromatic heterocycles. The zero-order valence-electron chi connectivity index (χ0n) is 34.3. The number of esters is 2. The molecule has 0 amide bonds. The zero-order valence-corrected chi connectivity index (χ0v) is 34.3. The Labute approximate surface area is 321 Å². The minimum atomic E-state index is -0.0874. The number of carbonyl (C=O) groups excluding carboxylic acids is 2. The Morgan fingerprint density at radius 3 is 1.44 bits per heavy atom. The van der Waals surface area contributed by atoms with Gasteiger partial charge in [0.15, 0.2) is 5.96 Å². The van der Waals surface area contributed by atoms with E-state index in [9.17, 15) is 9.59 Å². The average molecular weight is 736 g/mol. The van der Waals surface area contributed by atoms with Crippen LogP contribution in [0, 0.1) is 11.3 Å². The van der Waals surface area contributed by atoms with Crippen molar-refractivity contribution >= 4 is 17.9 Å². The number of nitrogens with zero attached hydrogens (tertiary/aromatic N) is 2. The first-order chi connectivity index (χ1) is 25.4. The van der Waals surface area contributed by atoms with Gasteiger partial charge in [0.1, 0.15) is 13.2 Å². The van der Waals surface area contributed by atoms with Crippen molar-refractivity contribution in [1.82, 2.24) is 15.1 Å². The van der Waals surface area contributed by atoms with Crippen molar-refractivity contribution in [3.63, 3.8) is 0 Å². The van der Waals surface area contributed by atoms with Crippen molar-refractivity contribution in [3.8, 4) is 0 Å². The number of nitrogens with two attached hydrogens (primary N) is 1. The molecule has 1 saturated heterocycles. The highest BCUT2D eigenvalue weighted by Crippen LogP contribution is 2.20. The monoisotopic (exact) mass is 736 g/mol. The summed E-state index contributed by atoms with van der Waals surface area (Å²) in [6.45, 7) is 11.6. The maximum absolute atomic E-state index is 12.4. The molecule has 0 atom stereocenters. The van der Waals surface area contributed by atoms with E-state index in [4.69, 9.17) is 20.6 Å². The lowest BCUT2D eigenvalue weighted by Crippen LogP contribution is -2.38. The first kappa shape index (κ1) is 48.1. The van der Waals surface area contributed by atoms with Crippen molar-refractivity contribution in [3.05, 3.63) is 0 Å². The Bertz CT molecular complexity index is 792. The van der Waals surface area contributed by atoms with Gasteiger partial charge in [0, 0.05) is 32.5 Å². The Balaban J connectivity index is 2.27. The number of nitrogens with one attached hydrogen (secondary N) is 2. The number of ether oxygens (including phenoxy) is 2. The van der Waals surface area contributed by atoms with Crippen LogP contribution in [0.3, 0.4) is 0 Å². The Hall–Kier alpha value is -1.87. The van der Waals surface area contributed by atoms with Gasteiger partial charge < -0.3 is 25.4 Å². The van der Waals surface area contributed by atoms with Crippen LogP contribution in [0.5, 0.6) is 0 Å². The van der Waals surface area contributed by atoms with E-state index >= 15 is 0 Å². The van der Waals surface area contributed by atoms with Gasteiger partial charge in [0.2, 0.25) is 0 Å². The molecule has 1 rings (SSSR count). The summed E-state index contributed by atoms with van der Waals surface area (Å²) in [6, 6.07) is 0. The molecule has 1 aliphatic rings. The van der Waals surface area contributed by atoms with Crippen molar-refractivity contribution in [1.29, 1.82) is 5.41 Å². The quantitative estimate of drug-likeness (QED) is 0.0250. The second-order valence-corrected chi connectivity index (χ2v) is 15.6. The lowest BCUT2D eigenvalue weighted by atomic mass is 9.93. The lowest BCUT2D eigenvalue weighted by molar-refractivity contribution is -0.144. The highest BCUT2D eigenvalue weighted by Gasteiger charge is 2.19. The zero-order chi connectivity index (χ0) is 37.7. The van der Waals surface area contributed by atoms with Gasteiger partial charge in [-0.3, -0.25) is 19.9 Å². The summed E-state index contributed by atoms with van der Waals surface area (Å²) in [4.78, 5) is 29.7. The predicted octanol–water partition coefficient (Wildman–Crippen LogP) is 9.75.